The van der Waals surface area contributed by atoms with Gasteiger partial charge >= 0.3 is 0 Å². The first-order valence-corrected chi connectivity index (χ1v) is 5.31. The molecule has 80 valence electrons. The maximum absolute atomic E-state index is 4.58. The van der Waals surface area contributed by atoms with Crippen molar-refractivity contribution in [3.05, 3.63) is 17.0 Å². The van der Waals surface area contributed by atoms with Crippen molar-refractivity contribution in [2.75, 3.05) is 13.6 Å². The molecule has 14 heavy (non-hydrogen) atoms. The van der Waals surface area contributed by atoms with Crippen molar-refractivity contribution in [1.29, 1.82) is 0 Å². The second kappa shape index (κ2) is 4.60. The van der Waals surface area contributed by atoms with Gasteiger partial charge in [-0.15, -0.1) is 0 Å². The fourth-order valence-corrected chi connectivity index (χ4v) is 2.02. The minimum absolute atomic E-state index is 0.430. The molecule has 1 aromatic rings. The number of hydrogen-bond acceptors (Lipinski definition) is 2. The summed E-state index contributed by atoms with van der Waals surface area (Å²) in [6.07, 6.45) is 1.07. The average molecular weight is 195 g/mol. The maximum Gasteiger partial charge on any atom is 0.0628 e. The van der Waals surface area contributed by atoms with E-state index in [-0.39, 0.29) is 0 Å². The van der Waals surface area contributed by atoms with Crippen LogP contribution in [0, 0.1) is 13.8 Å². The molecule has 0 bridgehead atoms. The van der Waals surface area contributed by atoms with E-state index >= 15 is 0 Å². The Morgan fingerprint density at radius 1 is 1.43 bits per heavy atom. The molecule has 1 heterocycles. The number of aromatic nitrogens is 2. The molecule has 0 aliphatic heterocycles. The molecular weight excluding hydrogens is 174 g/mol. The van der Waals surface area contributed by atoms with Gasteiger partial charge in [0.2, 0.25) is 0 Å². The molecule has 1 unspecified atom stereocenters. The molecular formula is C11H21N3. The molecule has 1 atom stereocenters. The molecule has 0 saturated carbocycles. The third-order valence-electron chi connectivity index (χ3n) is 2.75. The van der Waals surface area contributed by atoms with Crippen LogP contribution in [0.3, 0.4) is 0 Å². The van der Waals surface area contributed by atoms with Crippen molar-refractivity contribution in [3.8, 4) is 0 Å². The van der Waals surface area contributed by atoms with Crippen LogP contribution in [0.1, 0.15) is 36.8 Å². The predicted octanol–water partition coefficient (Wildman–Crippen LogP) is 1.84. The lowest BCUT2D eigenvalue weighted by molar-refractivity contribution is 0.459. The predicted molar refractivity (Wildman–Crippen MR) is 59.7 cm³/mol. The van der Waals surface area contributed by atoms with Gasteiger partial charge in [0.25, 0.3) is 0 Å². The van der Waals surface area contributed by atoms with Gasteiger partial charge in [0.1, 0.15) is 0 Å². The Labute approximate surface area is 86.5 Å². The third kappa shape index (κ3) is 1.98. The lowest BCUT2D eigenvalue weighted by Gasteiger charge is -2.13. The van der Waals surface area contributed by atoms with E-state index in [2.05, 4.69) is 42.8 Å². The quantitative estimate of drug-likeness (QED) is 0.794. The highest BCUT2D eigenvalue weighted by Crippen LogP contribution is 2.17. The van der Waals surface area contributed by atoms with Crippen molar-refractivity contribution in [1.82, 2.24) is 15.1 Å². The molecule has 3 heteroatoms. The number of rotatable bonds is 4. The zero-order chi connectivity index (χ0) is 10.7. The molecule has 3 nitrogen and oxygen atoms in total. The number of aryl methyl sites for hydroxylation is 1. The standard InChI is InChI=1S/C11H21N3/c1-6-11-9(3)13-14(10(11)4)8(2)7-12-5/h8,12H,6-7H2,1-5H3. The smallest absolute Gasteiger partial charge is 0.0628 e. The van der Waals surface area contributed by atoms with Crippen molar-refractivity contribution in [3.63, 3.8) is 0 Å². The third-order valence-corrected chi connectivity index (χ3v) is 2.75. The van der Waals surface area contributed by atoms with E-state index < -0.39 is 0 Å². The van der Waals surface area contributed by atoms with Crippen LogP contribution in [0.2, 0.25) is 0 Å². The van der Waals surface area contributed by atoms with Crippen LogP contribution in [-0.4, -0.2) is 23.4 Å². The van der Waals surface area contributed by atoms with Crippen molar-refractivity contribution in [2.24, 2.45) is 0 Å². The van der Waals surface area contributed by atoms with Gasteiger partial charge in [-0.05, 0) is 39.8 Å². The molecule has 0 spiro atoms. The van der Waals surface area contributed by atoms with E-state index in [0.29, 0.717) is 6.04 Å². The van der Waals surface area contributed by atoms with Crippen LogP contribution in [0.15, 0.2) is 0 Å². The second-order valence-corrected chi connectivity index (χ2v) is 3.85. The van der Waals surface area contributed by atoms with Gasteiger partial charge in [0, 0.05) is 12.2 Å². The van der Waals surface area contributed by atoms with Crippen LogP contribution < -0.4 is 5.32 Å². The van der Waals surface area contributed by atoms with Gasteiger partial charge in [-0.25, -0.2) is 0 Å². The largest absolute Gasteiger partial charge is 0.318 e. The summed E-state index contributed by atoms with van der Waals surface area (Å²) in [6.45, 7) is 9.59. The first kappa shape index (κ1) is 11.2. The highest BCUT2D eigenvalue weighted by molar-refractivity contribution is 5.24. The van der Waals surface area contributed by atoms with Gasteiger partial charge in [-0.1, -0.05) is 6.92 Å². The normalized spacial score (nSPS) is 13.2. The summed E-state index contributed by atoms with van der Waals surface area (Å²) < 4.78 is 2.13. The molecule has 1 N–H and O–H groups in total. The first-order chi connectivity index (χ1) is 6.61. The van der Waals surface area contributed by atoms with Crippen molar-refractivity contribution in [2.45, 2.75) is 40.2 Å². The Bertz CT molecular complexity index is 302. The summed E-state index contributed by atoms with van der Waals surface area (Å²) in [5, 5.41) is 7.76. The summed E-state index contributed by atoms with van der Waals surface area (Å²) in [5.74, 6) is 0. The monoisotopic (exact) mass is 195 g/mol. The van der Waals surface area contributed by atoms with Gasteiger partial charge in [-0.3, -0.25) is 4.68 Å². The van der Waals surface area contributed by atoms with E-state index in [4.69, 9.17) is 0 Å². The van der Waals surface area contributed by atoms with Crippen LogP contribution >= 0.6 is 0 Å². The van der Waals surface area contributed by atoms with Crippen molar-refractivity contribution < 1.29 is 0 Å². The van der Waals surface area contributed by atoms with Gasteiger partial charge in [0.05, 0.1) is 11.7 Å². The average Bonchev–Trinajstić information content (AvgIpc) is 2.42. The molecule has 0 aromatic carbocycles. The Kier molecular flexibility index (Phi) is 3.69. The van der Waals surface area contributed by atoms with E-state index in [0.717, 1.165) is 13.0 Å². The summed E-state index contributed by atoms with van der Waals surface area (Å²) in [4.78, 5) is 0. The van der Waals surface area contributed by atoms with Crippen LogP contribution in [0.4, 0.5) is 0 Å². The summed E-state index contributed by atoms with van der Waals surface area (Å²) >= 11 is 0. The molecule has 0 aliphatic carbocycles. The Morgan fingerprint density at radius 2 is 2.07 bits per heavy atom. The molecule has 1 rings (SSSR count). The van der Waals surface area contributed by atoms with E-state index in [9.17, 15) is 0 Å². The summed E-state index contributed by atoms with van der Waals surface area (Å²) in [6, 6.07) is 0.430. The Balaban J connectivity index is 2.98. The molecule has 0 aliphatic rings. The fraction of sp³-hybridized carbons (Fsp3) is 0.727. The molecule has 1 aromatic heterocycles. The van der Waals surface area contributed by atoms with Gasteiger partial charge < -0.3 is 5.32 Å². The SMILES string of the molecule is CCc1c(C)nn(C(C)CNC)c1C. The van der Waals surface area contributed by atoms with Crippen LogP contribution in [-0.2, 0) is 6.42 Å². The highest BCUT2D eigenvalue weighted by atomic mass is 15.3. The van der Waals surface area contributed by atoms with E-state index in [1.807, 2.05) is 7.05 Å². The summed E-state index contributed by atoms with van der Waals surface area (Å²) in [5.41, 5.74) is 3.88. The molecule has 0 saturated heterocycles. The van der Waals surface area contributed by atoms with Crippen LogP contribution in [0.5, 0.6) is 0 Å². The topological polar surface area (TPSA) is 29.9 Å². The first-order valence-electron chi connectivity index (χ1n) is 5.31. The Morgan fingerprint density at radius 3 is 2.50 bits per heavy atom. The molecule has 0 radical (unpaired) electrons. The second-order valence-electron chi connectivity index (χ2n) is 3.85. The lowest BCUT2D eigenvalue weighted by Crippen LogP contribution is -2.21. The highest BCUT2D eigenvalue weighted by Gasteiger charge is 2.13. The minimum atomic E-state index is 0.430. The fourth-order valence-electron chi connectivity index (χ4n) is 2.02. The van der Waals surface area contributed by atoms with Crippen LogP contribution in [0.25, 0.3) is 0 Å². The van der Waals surface area contributed by atoms with Crippen molar-refractivity contribution >= 4 is 0 Å². The van der Waals surface area contributed by atoms with E-state index in [1.54, 1.807) is 0 Å². The number of nitrogens with zero attached hydrogens (tertiary/aromatic N) is 2. The zero-order valence-corrected chi connectivity index (χ0v) is 9.89. The molecule has 0 fully saturated rings. The number of nitrogens with one attached hydrogen (secondary N) is 1. The molecule has 0 amide bonds. The zero-order valence-electron chi connectivity index (χ0n) is 9.89. The Hall–Kier alpha value is -0.830. The van der Waals surface area contributed by atoms with Gasteiger partial charge in [0.15, 0.2) is 0 Å². The van der Waals surface area contributed by atoms with Gasteiger partial charge in [-0.2, -0.15) is 5.10 Å². The van der Waals surface area contributed by atoms with E-state index in [1.165, 1.54) is 17.0 Å². The maximum atomic E-state index is 4.58. The summed E-state index contributed by atoms with van der Waals surface area (Å²) in [7, 11) is 1.98. The lowest BCUT2D eigenvalue weighted by atomic mass is 10.1. The number of hydrogen-bond donors (Lipinski definition) is 1. The minimum Gasteiger partial charge on any atom is -0.318 e. The number of likely N-dealkylation sites (N-methyl/N-ethyl adjacent to an activating group) is 1.